The Kier molecular flexibility index (Phi) is 17.7. The molecule has 2 unspecified atom stereocenters. The first-order valence-electron chi connectivity index (χ1n) is 15.9. The van der Waals surface area contributed by atoms with Crippen LogP contribution in [0, 0.1) is 0 Å². The first-order valence-corrected chi connectivity index (χ1v) is 16.9. The number of thioether (sulfide) groups is 1. The minimum absolute atomic E-state index is 0.139. The van der Waals surface area contributed by atoms with E-state index < -0.39 is 12.0 Å². The number of aromatic hydroxyl groups is 1. The fourth-order valence-electron chi connectivity index (χ4n) is 4.88. The van der Waals surface area contributed by atoms with E-state index >= 15 is 0 Å². The lowest BCUT2D eigenvalue weighted by molar-refractivity contribution is -0.126. The van der Waals surface area contributed by atoms with Gasteiger partial charge in [-0.3, -0.25) is 9.59 Å². The van der Waals surface area contributed by atoms with Crippen molar-refractivity contribution in [3.63, 3.8) is 0 Å². The largest absolute Gasteiger partial charge is 0.507 e. The average Bonchev–Trinajstić information content (AvgIpc) is 3.28. The van der Waals surface area contributed by atoms with Gasteiger partial charge in [-0.25, -0.2) is 4.79 Å². The lowest BCUT2D eigenvalue weighted by Gasteiger charge is -2.22. The van der Waals surface area contributed by atoms with Gasteiger partial charge in [0.1, 0.15) is 17.4 Å². The summed E-state index contributed by atoms with van der Waals surface area (Å²) in [5.41, 5.74) is 0.127. The minimum atomic E-state index is -1.27. The normalized spacial score (nSPS) is 18.2. The van der Waals surface area contributed by atoms with Gasteiger partial charge in [0.25, 0.3) is 0 Å². The Balaban J connectivity index is 1.63. The number of hydrogen-bond donors (Lipinski definition) is 3. The molecule has 0 bridgehead atoms. The van der Waals surface area contributed by atoms with Crippen LogP contribution < -0.4 is 10.2 Å². The number of allylic oxidation sites excluding steroid dienone is 10. The number of carboxylic acids is 1. The van der Waals surface area contributed by atoms with Crippen LogP contribution in [0.25, 0.3) is 0 Å². The molecule has 0 radical (unpaired) electrons. The lowest BCUT2D eigenvalue weighted by Crippen LogP contribution is -2.45. The van der Waals surface area contributed by atoms with Crippen LogP contribution in [0.4, 0.5) is 5.69 Å². The molecule has 0 spiro atoms. The Hall–Kier alpha value is -3.52. The third-order valence-electron chi connectivity index (χ3n) is 7.26. The summed E-state index contributed by atoms with van der Waals surface area (Å²) in [5, 5.41) is 21.8. The Morgan fingerprint density at radius 1 is 0.955 bits per heavy atom. The molecule has 0 aromatic heterocycles. The summed E-state index contributed by atoms with van der Waals surface area (Å²) in [7, 11) is 0. The van der Waals surface area contributed by atoms with E-state index in [0.717, 1.165) is 57.1 Å². The summed E-state index contributed by atoms with van der Waals surface area (Å²) < 4.78 is 0. The fraction of sp³-hybridized carbons (Fsp3) is 0.472. The summed E-state index contributed by atoms with van der Waals surface area (Å²) in [6.45, 7) is 5.98. The molecule has 2 rings (SSSR count). The molecular weight excluding hydrogens is 572 g/mol. The number of hydrogen-bond acceptors (Lipinski definition) is 5. The van der Waals surface area contributed by atoms with Gasteiger partial charge in [-0.2, -0.15) is 0 Å². The number of benzene rings is 1. The smallest absolute Gasteiger partial charge is 0.339 e. The quantitative estimate of drug-likeness (QED) is 0.100. The van der Waals surface area contributed by atoms with E-state index in [1.807, 2.05) is 13.8 Å². The number of phenols is 1. The molecule has 2 amide bonds. The van der Waals surface area contributed by atoms with Crippen molar-refractivity contribution in [2.45, 2.75) is 102 Å². The SMILES string of the molecule is CC/C=C\C/C=C\C/C=C\C/C=C\C/C=C\CCCCS[C@@H](CC)C(=O)NC1CC(C)N(c2ccc(O)c(C(=O)O)c2)C1=O. The van der Waals surface area contributed by atoms with Gasteiger partial charge in [0.15, 0.2) is 0 Å². The van der Waals surface area contributed by atoms with Crippen LogP contribution in [0.5, 0.6) is 5.75 Å². The Labute approximate surface area is 267 Å². The van der Waals surface area contributed by atoms with Crippen molar-refractivity contribution in [2.24, 2.45) is 0 Å². The predicted octanol–water partition coefficient (Wildman–Crippen LogP) is 8.13. The summed E-state index contributed by atoms with van der Waals surface area (Å²) in [4.78, 5) is 39.1. The standard InChI is InChI=1S/C36H50N2O5S/c1-4-6-7-8-9-10-11-12-13-14-15-16-17-18-19-20-21-22-25-44-33(5-2)34(40)37-31-26-28(3)38(35(31)41)29-23-24-32(39)30(27-29)36(42)43/h6-7,9-10,12-13,15-16,18-19,23-24,27-28,31,33,39H,4-5,8,11,14,17,20-22,25-26H2,1-3H3,(H,37,40)(H,42,43)/b7-6-,10-9-,13-12-,16-15-,19-18-/t28?,31?,33-/m0/s1. The Morgan fingerprint density at radius 3 is 2.11 bits per heavy atom. The van der Waals surface area contributed by atoms with Crippen molar-refractivity contribution in [3.8, 4) is 5.75 Å². The molecule has 1 aromatic carbocycles. The lowest BCUT2D eigenvalue weighted by atomic mass is 10.1. The maximum atomic E-state index is 13.1. The van der Waals surface area contributed by atoms with E-state index in [4.69, 9.17) is 0 Å². The van der Waals surface area contributed by atoms with Crippen LogP contribution in [-0.2, 0) is 9.59 Å². The molecule has 44 heavy (non-hydrogen) atoms. The third kappa shape index (κ3) is 13.0. The van der Waals surface area contributed by atoms with Gasteiger partial charge in [0.05, 0.1) is 5.25 Å². The van der Waals surface area contributed by atoms with E-state index in [0.29, 0.717) is 18.5 Å². The molecule has 3 atom stereocenters. The number of carbonyl (C=O) groups is 3. The molecule has 0 saturated carbocycles. The number of nitrogens with one attached hydrogen (secondary N) is 1. The highest BCUT2D eigenvalue weighted by atomic mass is 32.2. The fourth-order valence-corrected chi connectivity index (χ4v) is 5.99. The van der Waals surface area contributed by atoms with Gasteiger partial charge >= 0.3 is 5.97 Å². The summed E-state index contributed by atoms with van der Waals surface area (Å²) in [6, 6.07) is 3.20. The highest BCUT2D eigenvalue weighted by molar-refractivity contribution is 8.00. The van der Waals surface area contributed by atoms with Crippen molar-refractivity contribution in [1.82, 2.24) is 5.32 Å². The van der Waals surface area contributed by atoms with Gasteiger partial charge in [-0.1, -0.05) is 74.6 Å². The van der Waals surface area contributed by atoms with Crippen molar-refractivity contribution in [3.05, 3.63) is 84.5 Å². The first-order chi connectivity index (χ1) is 21.3. The molecule has 1 aliphatic rings. The van der Waals surface area contributed by atoms with Crippen LogP contribution in [0.3, 0.4) is 0 Å². The van der Waals surface area contributed by atoms with Crippen LogP contribution >= 0.6 is 11.8 Å². The molecule has 3 N–H and O–H groups in total. The van der Waals surface area contributed by atoms with Crippen LogP contribution in [0.2, 0.25) is 0 Å². The summed E-state index contributed by atoms with van der Waals surface area (Å²) in [6.07, 6.45) is 31.2. The summed E-state index contributed by atoms with van der Waals surface area (Å²) >= 11 is 1.63. The van der Waals surface area contributed by atoms with Gasteiger partial charge in [-0.15, -0.1) is 11.8 Å². The van der Waals surface area contributed by atoms with E-state index in [-0.39, 0.29) is 34.4 Å². The van der Waals surface area contributed by atoms with Gasteiger partial charge in [-0.05, 0) is 95.1 Å². The molecule has 7 nitrogen and oxygen atoms in total. The second-order valence-electron chi connectivity index (χ2n) is 10.8. The molecule has 1 heterocycles. The highest BCUT2D eigenvalue weighted by Gasteiger charge is 2.39. The molecule has 0 aliphatic carbocycles. The molecular formula is C36H50N2O5S. The minimum Gasteiger partial charge on any atom is -0.507 e. The second kappa shape index (κ2) is 21.2. The molecule has 1 saturated heterocycles. The van der Waals surface area contributed by atoms with Crippen molar-refractivity contribution in [2.75, 3.05) is 10.7 Å². The van der Waals surface area contributed by atoms with E-state index in [9.17, 15) is 24.6 Å². The highest BCUT2D eigenvalue weighted by Crippen LogP contribution is 2.31. The first kappa shape index (κ1) is 36.7. The molecule has 1 aliphatic heterocycles. The number of aromatic carboxylic acids is 1. The van der Waals surface area contributed by atoms with Crippen LogP contribution in [-0.4, -0.2) is 51.1 Å². The molecule has 1 fully saturated rings. The van der Waals surface area contributed by atoms with E-state index in [1.54, 1.807) is 11.8 Å². The van der Waals surface area contributed by atoms with E-state index in [1.165, 1.54) is 23.1 Å². The van der Waals surface area contributed by atoms with Crippen LogP contribution in [0.15, 0.2) is 79.0 Å². The molecule has 240 valence electrons. The number of rotatable bonds is 20. The average molecular weight is 623 g/mol. The van der Waals surface area contributed by atoms with Gasteiger partial charge < -0.3 is 20.4 Å². The zero-order valence-electron chi connectivity index (χ0n) is 26.5. The van der Waals surface area contributed by atoms with Crippen molar-refractivity contribution in [1.29, 1.82) is 0 Å². The van der Waals surface area contributed by atoms with E-state index in [2.05, 4.69) is 73.0 Å². The zero-order chi connectivity index (χ0) is 32.2. The number of carbonyl (C=O) groups excluding carboxylic acids is 2. The van der Waals surface area contributed by atoms with Gasteiger partial charge in [0, 0.05) is 11.7 Å². The molecule has 8 heteroatoms. The maximum absolute atomic E-state index is 13.1. The second-order valence-corrected chi connectivity index (χ2v) is 12.1. The predicted molar refractivity (Wildman–Crippen MR) is 183 cm³/mol. The number of anilines is 1. The van der Waals surface area contributed by atoms with Crippen molar-refractivity contribution >= 4 is 35.2 Å². The summed E-state index contributed by atoms with van der Waals surface area (Å²) in [5.74, 6) is -1.16. The Bertz CT molecular complexity index is 1200. The van der Waals surface area contributed by atoms with Crippen molar-refractivity contribution < 1.29 is 24.6 Å². The number of amides is 2. The number of nitrogens with zero attached hydrogens (tertiary/aromatic N) is 1. The third-order valence-corrected chi connectivity index (χ3v) is 8.74. The molecule has 1 aromatic rings. The monoisotopic (exact) mass is 622 g/mol. The zero-order valence-corrected chi connectivity index (χ0v) is 27.3. The van der Waals surface area contributed by atoms with Crippen LogP contribution in [0.1, 0.15) is 95.3 Å². The number of unbranched alkanes of at least 4 members (excludes halogenated alkanes) is 2. The maximum Gasteiger partial charge on any atom is 0.339 e. The van der Waals surface area contributed by atoms with Gasteiger partial charge in [0.2, 0.25) is 11.8 Å². The Morgan fingerprint density at radius 2 is 1.55 bits per heavy atom. The number of carboxylic acid groups (broad SMARTS) is 1. The topological polar surface area (TPSA) is 107 Å².